The van der Waals surface area contributed by atoms with Crippen molar-refractivity contribution in [3.63, 3.8) is 0 Å². The Morgan fingerprint density at radius 3 is 2.22 bits per heavy atom. The molecule has 0 bridgehead atoms. The normalized spacial score (nSPS) is 9.00. The van der Waals surface area contributed by atoms with E-state index in [0.717, 1.165) is 0 Å². The molecule has 0 saturated heterocycles. The van der Waals surface area contributed by atoms with Gasteiger partial charge in [0.1, 0.15) is 0 Å². The Morgan fingerprint density at radius 1 is 1.22 bits per heavy atom. The van der Waals surface area contributed by atoms with E-state index in [1.807, 2.05) is 0 Å². The molecule has 4 N–H and O–H groups in total. The van der Waals surface area contributed by atoms with E-state index in [1.165, 1.54) is 0 Å². The van der Waals surface area contributed by atoms with Gasteiger partial charge in [-0.2, -0.15) is 0 Å². The second kappa shape index (κ2) is 2.18. The van der Waals surface area contributed by atoms with Crippen LogP contribution >= 0.6 is 0 Å². The highest BCUT2D eigenvalue weighted by molar-refractivity contribution is 5.17. The summed E-state index contributed by atoms with van der Waals surface area (Å²) < 4.78 is 0. The van der Waals surface area contributed by atoms with Crippen LogP contribution in [0.4, 0.5) is 11.9 Å². The summed E-state index contributed by atoms with van der Waals surface area (Å²) in [5.74, 6) is -0.113. The topological polar surface area (TPSA) is 110 Å². The average Bonchev–Trinajstić information content (AvgIpc) is 1.90. The number of aromatic nitrogens is 4. The third kappa shape index (κ3) is 1.19. The lowest BCUT2D eigenvalue weighted by Crippen LogP contribution is -2.04. The standard InChI is InChI=1S/C2H4N6O/c3-1-4-6-2(8-9)7-5-1/h9H,(H2,3,4,5)(H,6,7,8). The number of nitrogens with one attached hydrogen (secondary N) is 1. The van der Waals surface area contributed by atoms with Crippen molar-refractivity contribution in [1.29, 1.82) is 0 Å². The highest BCUT2D eigenvalue weighted by atomic mass is 16.5. The lowest BCUT2D eigenvalue weighted by atomic mass is 11.0. The second-order valence-electron chi connectivity index (χ2n) is 1.19. The third-order valence-corrected chi connectivity index (χ3v) is 0.594. The van der Waals surface area contributed by atoms with Crippen molar-refractivity contribution < 1.29 is 5.21 Å². The molecule has 0 aliphatic rings. The van der Waals surface area contributed by atoms with Crippen LogP contribution in [0.15, 0.2) is 0 Å². The highest BCUT2D eigenvalue weighted by Crippen LogP contribution is 1.88. The Balaban J connectivity index is 2.88. The fourth-order valence-corrected chi connectivity index (χ4v) is 0.282. The van der Waals surface area contributed by atoms with Crippen molar-refractivity contribution >= 4 is 11.9 Å². The average molecular weight is 128 g/mol. The maximum absolute atomic E-state index is 8.13. The molecule has 1 heterocycles. The van der Waals surface area contributed by atoms with Crippen LogP contribution in [0.25, 0.3) is 0 Å². The Kier molecular flexibility index (Phi) is 1.36. The van der Waals surface area contributed by atoms with Gasteiger partial charge >= 0.3 is 0 Å². The molecule has 0 fully saturated rings. The molecule has 0 radical (unpaired) electrons. The largest absolute Gasteiger partial charge is 0.365 e. The highest BCUT2D eigenvalue weighted by Gasteiger charge is 1.92. The lowest BCUT2D eigenvalue weighted by molar-refractivity contribution is 0.380. The molecule has 0 unspecified atom stereocenters. The molecule has 0 aliphatic carbocycles. The van der Waals surface area contributed by atoms with E-state index >= 15 is 0 Å². The molecule has 0 amide bonds. The van der Waals surface area contributed by atoms with E-state index in [1.54, 1.807) is 5.48 Å². The van der Waals surface area contributed by atoms with E-state index < -0.39 is 0 Å². The predicted octanol–water partition coefficient (Wildman–Crippen LogP) is -1.35. The van der Waals surface area contributed by atoms with Crippen LogP contribution in [0, 0.1) is 0 Å². The Labute approximate surface area is 49.9 Å². The summed E-state index contributed by atoms with van der Waals surface area (Å²) in [5, 5.41) is 21.3. The molecule has 1 aromatic rings. The van der Waals surface area contributed by atoms with Gasteiger partial charge in [-0.3, -0.25) is 5.21 Å². The Hall–Kier alpha value is -1.50. The van der Waals surface area contributed by atoms with Gasteiger partial charge in [0, 0.05) is 0 Å². The van der Waals surface area contributed by atoms with Gasteiger partial charge in [0.15, 0.2) is 0 Å². The van der Waals surface area contributed by atoms with E-state index in [-0.39, 0.29) is 11.9 Å². The van der Waals surface area contributed by atoms with Gasteiger partial charge in [-0.15, -0.1) is 20.4 Å². The predicted molar refractivity (Wildman–Crippen MR) is 27.4 cm³/mol. The number of nitrogens with two attached hydrogens (primary N) is 1. The molecule has 0 spiro atoms. The minimum Gasteiger partial charge on any atom is -0.365 e. The van der Waals surface area contributed by atoms with E-state index in [2.05, 4.69) is 20.4 Å². The zero-order chi connectivity index (χ0) is 6.69. The minimum absolute atomic E-state index is 0.0333. The van der Waals surface area contributed by atoms with Crippen molar-refractivity contribution in [1.82, 2.24) is 20.4 Å². The fraction of sp³-hybridized carbons (Fsp3) is 0. The van der Waals surface area contributed by atoms with Crippen LogP contribution in [0.3, 0.4) is 0 Å². The number of hydrogen-bond acceptors (Lipinski definition) is 7. The summed E-state index contributed by atoms with van der Waals surface area (Å²) in [7, 11) is 0. The van der Waals surface area contributed by atoms with Gasteiger partial charge in [0.2, 0.25) is 0 Å². The lowest BCUT2D eigenvalue weighted by Gasteiger charge is -1.90. The molecule has 48 valence electrons. The molecule has 0 aliphatic heterocycles. The molecule has 0 saturated carbocycles. The molecule has 9 heavy (non-hydrogen) atoms. The van der Waals surface area contributed by atoms with Crippen LogP contribution in [0.1, 0.15) is 0 Å². The summed E-state index contributed by atoms with van der Waals surface area (Å²) in [6, 6.07) is 0. The fourth-order valence-electron chi connectivity index (χ4n) is 0.282. The number of hydrogen-bond donors (Lipinski definition) is 3. The molecule has 7 nitrogen and oxygen atoms in total. The van der Waals surface area contributed by atoms with Crippen LogP contribution in [0.2, 0.25) is 0 Å². The Morgan fingerprint density at radius 2 is 1.78 bits per heavy atom. The van der Waals surface area contributed by atoms with Gasteiger partial charge in [-0.1, -0.05) is 0 Å². The summed E-state index contributed by atoms with van der Waals surface area (Å²) in [5.41, 5.74) is 6.68. The molecule has 1 aromatic heterocycles. The Bertz CT molecular complexity index is 183. The SMILES string of the molecule is Nc1nnc(NO)nn1. The summed E-state index contributed by atoms with van der Waals surface area (Å²) >= 11 is 0. The van der Waals surface area contributed by atoms with E-state index in [4.69, 9.17) is 10.9 Å². The molecule has 7 heteroatoms. The van der Waals surface area contributed by atoms with Crippen LogP contribution in [-0.4, -0.2) is 25.6 Å². The monoisotopic (exact) mass is 128 g/mol. The van der Waals surface area contributed by atoms with Gasteiger partial charge in [0.25, 0.3) is 11.9 Å². The summed E-state index contributed by atoms with van der Waals surface area (Å²) in [4.78, 5) is 0. The van der Waals surface area contributed by atoms with Crippen molar-refractivity contribution in [3.8, 4) is 0 Å². The zero-order valence-electron chi connectivity index (χ0n) is 4.31. The van der Waals surface area contributed by atoms with Gasteiger partial charge < -0.3 is 5.73 Å². The number of anilines is 2. The van der Waals surface area contributed by atoms with Crippen molar-refractivity contribution in [3.05, 3.63) is 0 Å². The first-order chi connectivity index (χ1) is 4.33. The number of nitrogen functional groups attached to an aromatic ring is 1. The maximum atomic E-state index is 8.13. The number of rotatable bonds is 1. The molecule has 0 atom stereocenters. The van der Waals surface area contributed by atoms with Crippen molar-refractivity contribution in [2.75, 3.05) is 11.2 Å². The van der Waals surface area contributed by atoms with E-state index in [9.17, 15) is 0 Å². The molecular weight excluding hydrogens is 124 g/mol. The maximum Gasteiger partial charge on any atom is 0.285 e. The first kappa shape index (κ1) is 5.63. The summed E-state index contributed by atoms with van der Waals surface area (Å²) in [6.45, 7) is 0. The van der Waals surface area contributed by atoms with Gasteiger partial charge in [-0.05, 0) is 0 Å². The van der Waals surface area contributed by atoms with E-state index in [0.29, 0.717) is 0 Å². The molecule has 0 aromatic carbocycles. The number of nitrogens with zero attached hydrogens (tertiary/aromatic N) is 4. The van der Waals surface area contributed by atoms with Gasteiger partial charge in [-0.25, -0.2) is 5.48 Å². The summed E-state index contributed by atoms with van der Waals surface area (Å²) in [6.07, 6.45) is 0. The first-order valence-electron chi connectivity index (χ1n) is 2.06. The zero-order valence-corrected chi connectivity index (χ0v) is 4.31. The quantitative estimate of drug-likeness (QED) is 0.401. The second-order valence-corrected chi connectivity index (χ2v) is 1.19. The molecular formula is C2H4N6O. The smallest absolute Gasteiger partial charge is 0.285 e. The van der Waals surface area contributed by atoms with Crippen molar-refractivity contribution in [2.45, 2.75) is 0 Å². The van der Waals surface area contributed by atoms with Crippen LogP contribution < -0.4 is 11.2 Å². The minimum atomic E-state index is -0.0794. The van der Waals surface area contributed by atoms with Crippen LogP contribution in [-0.2, 0) is 0 Å². The van der Waals surface area contributed by atoms with Gasteiger partial charge in [0.05, 0.1) is 0 Å². The van der Waals surface area contributed by atoms with Crippen LogP contribution in [0.5, 0.6) is 0 Å². The third-order valence-electron chi connectivity index (χ3n) is 0.594. The first-order valence-corrected chi connectivity index (χ1v) is 2.06. The van der Waals surface area contributed by atoms with Crippen molar-refractivity contribution in [2.24, 2.45) is 0 Å². The molecule has 1 rings (SSSR count).